The molecule has 1 heterocycles. The third-order valence-electron chi connectivity index (χ3n) is 6.08. The van der Waals surface area contributed by atoms with E-state index in [-0.39, 0.29) is 17.9 Å². The number of para-hydroxylation sites is 1. The Bertz CT molecular complexity index is 1090. The summed E-state index contributed by atoms with van der Waals surface area (Å²) in [4.78, 5) is 15.0. The van der Waals surface area contributed by atoms with E-state index >= 15 is 0 Å². The predicted molar refractivity (Wildman–Crippen MR) is 133 cm³/mol. The number of benzene rings is 3. The molecule has 0 saturated carbocycles. The van der Waals surface area contributed by atoms with E-state index in [1.165, 1.54) is 0 Å². The molecule has 172 valence electrons. The van der Waals surface area contributed by atoms with Gasteiger partial charge in [0.25, 0.3) is 0 Å². The van der Waals surface area contributed by atoms with Gasteiger partial charge in [0.2, 0.25) is 5.91 Å². The average molecular weight is 484 g/mol. The van der Waals surface area contributed by atoms with E-state index in [0.717, 1.165) is 23.3 Å². The van der Waals surface area contributed by atoms with Crippen molar-refractivity contribution in [1.29, 1.82) is 0 Å². The Kier molecular flexibility index (Phi) is 7.79. The summed E-state index contributed by atoms with van der Waals surface area (Å²) in [7, 11) is 1.65. The normalized spacial score (nSPS) is 18.1. The predicted octanol–water partition coefficient (Wildman–Crippen LogP) is 6.40. The summed E-state index contributed by atoms with van der Waals surface area (Å²) in [6, 6.07) is 23.2. The molecule has 1 aliphatic rings. The fourth-order valence-electron chi connectivity index (χ4n) is 4.26. The molecule has 1 fully saturated rings. The number of hydrogen-bond acceptors (Lipinski definition) is 3. The van der Waals surface area contributed by atoms with Crippen molar-refractivity contribution in [2.24, 2.45) is 0 Å². The summed E-state index contributed by atoms with van der Waals surface area (Å²) in [5.74, 6) is 1.62. The van der Waals surface area contributed by atoms with Crippen LogP contribution < -0.4 is 9.47 Å². The molecule has 0 N–H and O–H groups in total. The van der Waals surface area contributed by atoms with Gasteiger partial charge in [-0.1, -0.05) is 59.6 Å². The molecule has 0 aromatic heterocycles. The Morgan fingerprint density at radius 1 is 1.03 bits per heavy atom. The maximum atomic E-state index is 13.1. The van der Waals surface area contributed by atoms with Crippen LogP contribution in [0.1, 0.15) is 29.9 Å². The molecule has 4 rings (SSSR count). The van der Waals surface area contributed by atoms with Crippen LogP contribution in [0.15, 0.2) is 72.8 Å². The summed E-state index contributed by atoms with van der Waals surface area (Å²) >= 11 is 12.6. The molecule has 33 heavy (non-hydrogen) atoms. The maximum Gasteiger partial charge on any atom is 0.222 e. The Hall–Kier alpha value is -2.69. The molecule has 0 unspecified atom stereocenters. The second kappa shape index (κ2) is 11.0. The molecule has 6 heteroatoms. The lowest BCUT2D eigenvalue weighted by molar-refractivity contribution is -0.133. The van der Waals surface area contributed by atoms with E-state index in [1.54, 1.807) is 7.11 Å². The largest absolute Gasteiger partial charge is 0.497 e. The smallest absolute Gasteiger partial charge is 0.222 e. The van der Waals surface area contributed by atoms with Crippen molar-refractivity contribution in [2.75, 3.05) is 20.2 Å². The molecular weight excluding hydrogens is 457 g/mol. The quantitative estimate of drug-likeness (QED) is 0.390. The summed E-state index contributed by atoms with van der Waals surface area (Å²) < 4.78 is 11.6. The van der Waals surface area contributed by atoms with E-state index < -0.39 is 0 Å². The van der Waals surface area contributed by atoms with Gasteiger partial charge < -0.3 is 14.4 Å². The van der Waals surface area contributed by atoms with E-state index in [2.05, 4.69) is 0 Å². The molecule has 1 aliphatic heterocycles. The van der Waals surface area contributed by atoms with Crippen molar-refractivity contribution >= 4 is 29.1 Å². The second-order valence-electron chi connectivity index (χ2n) is 8.22. The van der Waals surface area contributed by atoms with Gasteiger partial charge in [-0.3, -0.25) is 4.79 Å². The van der Waals surface area contributed by atoms with Crippen LogP contribution in [0.2, 0.25) is 10.0 Å². The van der Waals surface area contributed by atoms with Crippen LogP contribution >= 0.6 is 23.2 Å². The van der Waals surface area contributed by atoms with Crippen LogP contribution in [0, 0.1) is 0 Å². The van der Waals surface area contributed by atoms with Gasteiger partial charge >= 0.3 is 0 Å². The minimum absolute atomic E-state index is 0.00124. The first kappa shape index (κ1) is 23.5. The maximum absolute atomic E-state index is 13.1. The standard InChI is InChI=1S/C27H27Cl2NO3/c1-32-22-12-9-19(10-13-22)11-14-27(31)30-16-15-25(33-26-8-3-2-7-24(26)29)23(18-30)20-5-4-6-21(28)17-20/h2-10,12-13,17,23,25H,11,14-16,18H2,1H3/t23-,25-/m1/s1. The van der Waals surface area contributed by atoms with Crippen LogP contribution in [-0.2, 0) is 11.2 Å². The van der Waals surface area contributed by atoms with Gasteiger partial charge in [-0.15, -0.1) is 0 Å². The number of aryl methyl sites for hydroxylation is 1. The number of likely N-dealkylation sites (tertiary alicyclic amines) is 1. The topological polar surface area (TPSA) is 38.8 Å². The summed E-state index contributed by atoms with van der Waals surface area (Å²) in [5.41, 5.74) is 2.18. The van der Waals surface area contributed by atoms with Gasteiger partial charge in [-0.05, 0) is 53.9 Å². The lowest BCUT2D eigenvalue weighted by Gasteiger charge is -2.39. The third kappa shape index (κ3) is 6.01. The van der Waals surface area contributed by atoms with Crippen molar-refractivity contribution in [2.45, 2.75) is 31.3 Å². The fourth-order valence-corrected chi connectivity index (χ4v) is 4.64. The highest BCUT2D eigenvalue weighted by Gasteiger charge is 2.34. The number of nitrogens with zero attached hydrogens (tertiary/aromatic N) is 1. The van der Waals surface area contributed by atoms with Crippen molar-refractivity contribution in [3.05, 3.63) is 94.0 Å². The van der Waals surface area contributed by atoms with Crippen LogP contribution in [0.5, 0.6) is 11.5 Å². The molecule has 1 saturated heterocycles. The zero-order valence-electron chi connectivity index (χ0n) is 18.5. The summed E-state index contributed by atoms with van der Waals surface area (Å²) in [5, 5.41) is 1.26. The molecule has 0 aliphatic carbocycles. The molecule has 3 aromatic rings. The number of carbonyl (C=O) groups excluding carboxylic acids is 1. The molecule has 4 nitrogen and oxygen atoms in total. The Morgan fingerprint density at radius 2 is 1.82 bits per heavy atom. The summed E-state index contributed by atoms with van der Waals surface area (Å²) in [6.45, 7) is 1.23. The van der Waals surface area contributed by atoms with Crippen LogP contribution in [0.3, 0.4) is 0 Å². The van der Waals surface area contributed by atoms with Crippen molar-refractivity contribution < 1.29 is 14.3 Å². The zero-order chi connectivity index (χ0) is 23.2. The summed E-state index contributed by atoms with van der Waals surface area (Å²) in [6.07, 6.45) is 1.77. The van der Waals surface area contributed by atoms with E-state index in [1.807, 2.05) is 77.7 Å². The number of ether oxygens (including phenoxy) is 2. The van der Waals surface area contributed by atoms with E-state index in [9.17, 15) is 4.79 Å². The van der Waals surface area contributed by atoms with Gasteiger partial charge in [0.15, 0.2) is 0 Å². The molecule has 0 radical (unpaired) electrons. The van der Waals surface area contributed by atoms with Crippen molar-refractivity contribution in [3.63, 3.8) is 0 Å². The minimum Gasteiger partial charge on any atom is -0.497 e. The van der Waals surface area contributed by atoms with Crippen molar-refractivity contribution in [1.82, 2.24) is 4.90 Å². The van der Waals surface area contributed by atoms with Gasteiger partial charge in [-0.2, -0.15) is 0 Å². The second-order valence-corrected chi connectivity index (χ2v) is 9.07. The molecule has 2 atom stereocenters. The monoisotopic (exact) mass is 483 g/mol. The number of hydrogen-bond donors (Lipinski definition) is 0. The SMILES string of the molecule is COc1ccc(CCC(=O)N2CC[C@@H](Oc3ccccc3Cl)[C@@H](c3cccc(Cl)c3)C2)cc1. The van der Waals surface area contributed by atoms with E-state index in [4.69, 9.17) is 32.7 Å². The van der Waals surface area contributed by atoms with Gasteiger partial charge in [0, 0.05) is 36.9 Å². The first-order chi connectivity index (χ1) is 16.0. The highest BCUT2D eigenvalue weighted by Crippen LogP contribution is 2.34. The highest BCUT2D eigenvalue weighted by molar-refractivity contribution is 6.32. The molecule has 1 amide bonds. The number of halogens is 2. The molecule has 0 spiro atoms. The van der Waals surface area contributed by atoms with E-state index in [0.29, 0.717) is 41.7 Å². The van der Waals surface area contributed by atoms with Crippen LogP contribution in [0.4, 0.5) is 0 Å². The van der Waals surface area contributed by atoms with Crippen LogP contribution in [0.25, 0.3) is 0 Å². The van der Waals surface area contributed by atoms with Gasteiger partial charge in [-0.25, -0.2) is 0 Å². The number of piperidine rings is 1. The highest BCUT2D eigenvalue weighted by atomic mass is 35.5. The number of methoxy groups -OCH3 is 1. The molecular formula is C27H27Cl2NO3. The fraction of sp³-hybridized carbons (Fsp3) is 0.296. The zero-order valence-corrected chi connectivity index (χ0v) is 20.1. The molecule has 3 aromatic carbocycles. The Labute approximate surface area is 205 Å². The Balaban J connectivity index is 1.46. The first-order valence-electron chi connectivity index (χ1n) is 11.1. The number of carbonyl (C=O) groups is 1. The lowest BCUT2D eigenvalue weighted by atomic mass is 9.87. The van der Waals surface area contributed by atoms with Gasteiger partial charge in [0.1, 0.15) is 17.6 Å². The first-order valence-corrected chi connectivity index (χ1v) is 11.9. The molecule has 0 bridgehead atoms. The third-order valence-corrected chi connectivity index (χ3v) is 6.63. The number of rotatable bonds is 7. The van der Waals surface area contributed by atoms with Crippen LogP contribution in [-0.4, -0.2) is 37.1 Å². The Morgan fingerprint density at radius 3 is 2.55 bits per heavy atom. The van der Waals surface area contributed by atoms with Crippen molar-refractivity contribution in [3.8, 4) is 11.5 Å². The minimum atomic E-state index is -0.103. The number of amides is 1. The lowest BCUT2D eigenvalue weighted by Crippen LogP contribution is -2.46. The average Bonchev–Trinajstić information content (AvgIpc) is 2.84. The van der Waals surface area contributed by atoms with Gasteiger partial charge in [0.05, 0.1) is 12.1 Å².